The summed E-state index contributed by atoms with van der Waals surface area (Å²) < 4.78 is 0. The molecule has 0 spiro atoms. The standard InChI is InChI=1S/C10H16/c1-4-10-6-5-8(2)7-9(10)3/h4,8H,1,5-7H2,2-3H3. The Kier molecular flexibility index (Phi) is 2.31. The highest BCUT2D eigenvalue weighted by Crippen LogP contribution is 2.28. The Labute approximate surface area is 63.6 Å². The second-order valence-corrected chi connectivity index (χ2v) is 3.36. The fraction of sp³-hybridized carbons (Fsp3) is 0.600. The fourth-order valence-corrected chi connectivity index (χ4v) is 1.65. The average molecular weight is 136 g/mol. The van der Waals surface area contributed by atoms with Crippen molar-refractivity contribution in [3.8, 4) is 0 Å². The molecule has 0 aromatic heterocycles. The van der Waals surface area contributed by atoms with E-state index in [2.05, 4.69) is 20.4 Å². The normalized spacial score (nSPS) is 26.8. The van der Waals surface area contributed by atoms with Crippen LogP contribution in [0, 0.1) is 5.92 Å². The summed E-state index contributed by atoms with van der Waals surface area (Å²) in [6.07, 6.45) is 5.89. The Bertz CT molecular complexity index is 163. The van der Waals surface area contributed by atoms with Crippen LogP contribution in [0.1, 0.15) is 33.1 Å². The maximum absolute atomic E-state index is 3.80. The quantitative estimate of drug-likeness (QED) is 0.518. The first-order valence-corrected chi connectivity index (χ1v) is 4.05. The number of hydrogen-bond acceptors (Lipinski definition) is 0. The minimum Gasteiger partial charge on any atom is -0.0988 e. The van der Waals surface area contributed by atoms with Gasteiger partial charge in [-0.15, -0.1) is 0 Å². The first kappa shape index (κ1) is 7.59. The Balaban J connectivity index is 2.70. The van der Waals surface area contributed by atoms with E-state index in [1.165, 1.54) is 24.8 Å². The largest absolute Gasteiger partial charge is 0.0988 e. The summed E-state index contributed by atoms with van der Waals surface area (Å²) >= 11 is 0. The summed E-state index contributed by atoms with van der Waals surface area (Å²) in [6, 6.07) is 0. The molecule has 0 aliphatic heterocycles. The molecule has 0 nitrogen and oxygen atoms in total. The van der Waals surface area contributed by atoms with Gasteiger partial charge in [0.2, 0.25) is 0 Å². The van der Waals surface area contributed by atoms with Crippen molar-refractivity contribution in [2.24, 2.45) is 5.92 Å². The van der Waals surface area contributed by atoms with Crippen LogP contribution in [0.15, 0.2) is 23.8 Å². The van der Waals surface area contributed by atoms with E-state index < -0.39 is 0 Å². The fourth-order valence-electron chi connectivity index (χ4n) is 1.65. The van der Waals surface area contributed by atoms with Gasteiger partial charge in [-0.2, -0.15) is 0 Å². The van der Waals surface area contributed by atoms with Gasteiger partial charge < -0.3 is 0 Å². The predicted molar refractivity (Wildman–Crippen MR) is 45.9 cm³/mol. The SMILES string of the molecule is C=CC1=C(C)CC(C)CC1. The van der Waals surface area contributed by atoms with Crippen LogP contribution < -0.4 is 0 Å². The molecule has 0 N–H and O–H groups in total. The van der Waals surface area contributed by atoms with E-state index in [1.54, 1.807) is 5.57 Å². The van der Waals surface area contributed by atoms with Gasteiger partial charge in [0.1, 0.15) is 0 Å². The molecule has 1 rings (SSSR count). The highest BCUT2D eigenvalue weighted by atomic mass is 14.2. The lowest BCUT2D eigenvalue weighted by Crippen LogP contribution is -2.04. The summed E-state index contributed by atoms with van der Waals surface area (Å²) in [5, 5.41) is 0. The van der Waals surface area contributed by atoms with Crippen molar-refractivity contribution in [2.75, 3.05) is 0 Å². The van der Waals surface area contributed by atoms with Crippen molar-refractivity contribution in [1.82, 2.24) is 0 Å². The zero-order chi connectivity index (χ0) is 7.56. The first-order valence-electron chi connectivity index (χ1n) is 4.05. The van der Waals surface area contributed by atoms with E-state index in [0.29, 0.717) is 0 Å². The third kappa shape index (κ3) is 1.50. The molecule has 0 radical (unpaired) electrons. The van der Waals surface area contributed by atoms with Crippen molar-refractivity contribution >= 4 is 0 Å². The van der Waals surface area contributed by atoms with Crippen LogP contribution in [0.2, 0.25) is 0 Å². The summed E-state index contributed by atoms with van der Waals surface area (Å²) in [6.45, 7) is 8.35. The molecule has 56 valence electrons. The molecule has 1 aliphatic rings. The van der Waals surface area contributed by atoms with E-state index >= 15 is 0 Å². The van der Waals surface area contributed by atoms with Crippen molar-refractivity contribution in [3.05, 3.63) is 23.8 Å². The number of hydrogen-bond donors (Lipinski definition) is 0. The van der Waals surface area contributed by atoms with Gasteiger partial charge in [-0.3, -0.25) is 0 Å². The second kappa shape index (κ2) is 3.05. The Hall–Kier alpha value is -0.520. The van der Waals surface area contributed by atoms with Gasteiger partial charge >= 0.3 is 0 Å². The van der Waals surface area contributed by atoms with Crippen molar-refractivity contribution in [3.63, 3.8) is 0 Å². The van der Waals surface area contributed by atoms with Gasteiger partial charge in [0, 0.05) is 0 Å². The average Bonchev–Trinajstić information content (AvgIpc) is 1.88. The molecule has 1 unspecified atom stereocenters. The number of rotatable bonds is 1. The Morgan fingerprint density at radius 2 is 2.30 bits per heavy atom. The molecule has 0 heteroatoms. The van der Waals surface area contributed by atoms with Gasteiger partial charge in [-0.25, -0.2) is 0 Å². The molecule has 0 bridgehead atoms. The molecule has 0 amide bonds. The summed E-state index contributed by atoms with van der Waals surface area (Å²) in [7, 11) is 0. The maximum atomic E-state index is 3.80. The first-order chi connectivity index (χ1) is 4.74. The Morgan fingerprint density at radius 1 is 1.60 bits per heavy atom. The zero-order valence-electron chi connectivity index (χ0n) is 6.98. The third-order valence-corrected chi connectivity index (χ3v) is 2.36. The van der Waals surface area contributed by atoms with E-state index in [1.807, 2.05) is 6.08 Å². The predicted octanol–water partition coefficient (Wildman–Crippen LogP) is 3.31. The molecule has 0 aromatic carbocycles. The van der Waals surface area contributed by atoms with Gasteiger partial charge in [0.15, 0.2) is 0 Å². The minimum atomic E-state index is 0.892. The molecule has 0 heterocycles. The number of allylic oxidation sites excluding steroid dienone is 3. The van der Waals surface area contributed by atoms with Crippen molar-refractivity contribution < 1.29 is 0 Å². The molecule has 0 fully saturated rings. The molecular formula is C10H16. The lowest BCUT2D eigenvalue weighted by atomic mass is 9.86. The van der Waals surface area contributed by atoms with Gasteiger partial charge in [-0.1, -0.05) is 25.2 Å². The highest BCUT2D eigenvalue weighted by Gasteiger charge is 2.11. The topological polar surface area (TPSA) is 0 Å². The molecule has 0 aromatic rings. The molecule has 1 atom stereocenters. The third-order valence-electron chi connectivity index (χ3n) is 2.36. The van der Waals surface area contributed by atoms with Crippen molar-refractivity contribution in [2.45, 2.75) is 33.1 Å². The van der Waals surface area contributed by atoms with Crippen molar-refractivity contribution in [1.29, 1.82) is 0 Å². The molecular weight excluding hydrogens is 120 g/mol. The molecule has 0 saturated heterocycles. The van der Waals surface area contributed by atoms with Gasteiger partial charge in [0.05, 0.1) is 0 Å². The van der Waals surface area contributed by atoms with Crippen LogP contribution in [-0.4, -0.2) is 0 Å². The zero-order valence-corrected chi connectivity index (χ0v) is 6.98. The van der Waals surface area contributed by atoms with Crippen LogP contribution in [0.25, 0.3) is 0 Å². The van der Waals surface area contributed by atoms with Crippen LogP contribution >= 0.6 is 0 Å². The highest BCUT2D eigenvalue weighted by molar-refractivity contribution is 5.25. The van der Waals surface area contributed by atoms with E-state index in [-0.39, 0.29) is 0 Å². The summed E-state index contributed by atoms with van der Waals surface area (Å²) in [5.74, 6) is 0.892. The molecule has 10 heavy (non-hydrogen) atoms. The summed E-state index contributed by atoms with van der Waals surface area (Å²) in [5.41, 5.74) is 3.03. The van der Waals surface area contributed by atoms with Crippen LogP contribution in [0.4, 0.5) is 0 Å². The van der Waals surface area contributed by atoms with E-state index in [9.17, 15) is 0 Å². The van der Waals surface area contributed by atoms with Crippen LogP contribution in [0.5, 0.6) is 0 Å². The minimum absolute atomic E-state index is 0.892. The van der Waals surface area contributed by atoms with Crippen LogP contribution in [-0.2, 0) is 0 Å². The smallest absolute Gasteiger partial charge is 0.0277 e. The van der Waals surface area contributed by atoms with Crippen LogP contribution in [0.3, 0.4) is 0 Å². The monoisotopic (exact) mass is 136 g/mol. The maximum Gasteiger partial charge on any atom is -0.0277 e. The second-order valence-electron chi connectivity index (χ2n) is 3.36. The molecule has 0 saturated carbocycles. The summed E-state index contributed by atoms with van der Waals surface area (Å²) in [4.78, 5) is 0. The lowest BCUT2D eigenvalue weighted by Gasteiger charge is -2.20. The van der Waals surface area contributed by atoms with E-state index in [4.69, 9.17) is 0 Å². The molecule has 1 aliphatic carbocycles. The van der Waals surface area contributed by atoms with Gasteiger partial charge in [-0.05, 0) is 37.7 Å². The lowest BCUT2D eigenvalue weighted by molar-refractivity contribution is 0.501. The Morgan fingerprint density at radius 3 is 2.80 bits per heavy atom. The van der Waals surface area contributed by atoms with Gasteiger partial charge in [0.25, 0.3) is 0 Å². The van der Waals surface area contributed by atoms with E-state index in [0.717, 1.165) is 5.92 Å².